The number of ether oxygens (including phenoxy) is 2. The fraction of sp³-hybridized carbons (Fsp3) is 0.700. The molecule has 0 saturated carbocycles. The van der Waals surface area contributed by atoms with Crippen LogP contribution in [0.1, 0.15) is 25.0 Å². The van der Waals surface area contributed by atoms with Crippen LogP contribution in [0.15, 0.2) is 23.0 Å². The lowest BCUT2D eigenvalue weighted by molar-refractivity contribution is -0.219. The van der Waals surface area contributed by atoms with Gasteiger partial charge in [-0.3, -0.25) is 9.59 Å². The van der Waals surface area contributed by atoms with Gasteiger partial charge in [0.25, 0.3) is 5.56 Å². The fourth-order valence-corrected chi connectivity index (χ4v) is 5.01. The fourth-order valence-electron chi connectivity index (χ4n) is 5.01. The number of amides is 1. The van der Waals surface area contributed by atoms with Crippen LogP contribution in [0.3, 0.4) is 0 Å². The highest BCUT2D eigenvalue weighted by Crippen LogP contribution is 2.44. The summed E-state index contributed by atoms with van der Waals surface area (Å²) in [6, 6.07) is 5.13. The SMILES string of the molecule is Cc1cccc(=O)n1CCC(=O)N1C[C@@H]2COCC[C@]2(O)[C@H]2COCC[C@H]21. The van der Waals surface area contributed by atoms with Crippen LogP contribution in [0.5, 0.6) is 0 Å². The van der Waals surface area contributed by atoms with Crippen molar-refractivity contribution < 1.29 is 19.4 Å². The highest BCUT2D eigenvalue weighted by Gasteiger charge is 2.56. The summed E-state index contributed by atoms with van der Waals surface area (Å²) >= 11 is 0. The average Bonchev–Trinajstić information content (AvgIpc) is 2.67. The Labute approximate surface area is 158 Å². The molecule has 148 valence electrons. The van der Waals surface area contributed by atoms with Crippen LogP contribution >= 0.6 is 0 Å². The topological polar surface area (TPSA) is 81.0 Å². The first-order valence-corrected chi connectivity index (χ1v) is 9.84. The number of hydrogen-bond donors (Lipinski definition) is 1. The highest BCUT2D eigenvalue weighted by molar-refractivity contribution is 5.76. The number of likely N-dealkylation sites (tertiary alicyclic amines) is 1. The Morgan fingerprint density at radius 3 is 2.93 bits per heavy atom. The second kappa shape index (κ2) is 7.37. The van der Waals surface area contributed by atoms with Crippen LogP contribution in [0.25, 0.3) is 0 Å². The average molecular weight is 376 g/mol. The van der Waals surface area contributed by atoms with E-state index in [1.165, 1.54) is 6.07 Å². The lowest BCUT2D eigenvalue weighted by Crippen LogP contribution is -2.68. The van der Waals surface area contributed by atoms with Crippen LogP contribution in [-0.4, -0.2) is 65.1 Å². The van der Waals surface area contributed by atoms with Crippen molar-refractivity contribution in [2.24, 2.45) is 11.8 Å². The molecule has 0 bridgehead atoms. The van der Waals surface area contributed by atoms with E-state index in [9.17, 15) is 14.7 Å². The van der Waals surface area contributed by atoms with Crippen molar-refractivity contribution in [1.29, 1.82) is 0 Å². The molecule has 3 aliphatic rings. The Kier molecular flexibility index (Phi) is 5.09. The standard InChI is InChI=1S/C20H28N2O5/c1-14-3-2-4-18(23)21(14)8-5-19(24)22-11-15-12-27-10-7-20(15,25)16-13-26-9-6-17(16)22/h2-4,15-17,25H,5-13H2,1H3/t15-,16+,17-,20-/m1/s1. The van der Waals surface area contributed by atoms with Crippen molar-refractivity contribution >= 4 is 5.91 Å². The summed E-state index contributed by atoms with van der Waals surface area (Å²) in [6.45, 7) is 4.89. The molecule has 0 aromatic carbocycles. The molecule has 0 radical (unpaired) electrons. The maximum atomic E-state index is 13.1. The second-order valence-electron chi connectivity index (χ2n) is 8.00. The minimum atomic E-state index is -0.812. The third-order valence-electron chi connectivity index (χ3n) is 6.59. The minimum Gasteiger partial charge on any atom is -0.389 e. The van der Waals surface area contributed by atoms with Gasteiger partial charge in [0.05, 0.1) is 18.8 Å². The van der Waals surface area contributed by atoms with Crippen molar-refractivity contribution in [2.75, 3.05) is 33.0 Å². The van der Waals surface area contributed by atoms with Gasteiger partial charge >= 0.3 is 0 Å². The van der Waals surface area contributed by atoms with E-state index in [2.05, 4.69) is 0 Å². The van der Waals surface area contributed by atoms with Crippen molar-refractivity contribution in [3.05, 3.63) is 34.2 Å². The maximum absolute atomic E-state index is 13.1. The number of aliphatic hydroxyl groups is 1. The molecule has 1 N–H and O–H groups in total. The van der Waals surface area contributed by atoms with E-state index in [4.69, 9.17) is 9.47 Å². The Morgan fingerprint density at radius 1 is 1.30 bits per heavy atom. The number of piperidine rings is 1. The molecule has 0 aliphatic carbocycles. The molecular formula is C20H28N2O5. The van der Waals surface area contributed by atoms with Gasteiger partial charge in [-0.15, -0.1) is 0 Å². The minimum absolute atomic E-state index is 0.000748. The largest absolute Gasteiger partial charge is 0.389 e. The van der Waals surface area contributed by atoms with E-state index in [1.807, 2.05) is 17.9 Å². The molecule has 0 spiro atoms. The Morgan fingerprint density at radius 2 is 2.11 bits per heavy atom. The number of aromatic nitrogens is 1. The van der Waals surface area contributed by atoms with Gasteiger partial charge in [-0.2, -0.15) is 0 Å². The number of aryl methyl sites for hydroxylation is 1. The summed E-state index contributed by atoms with van der Waals surface area (Å²) in [5.41, 5.74) is -0.0408. The normalized spacial score (nSPS) is 33.3. The number of pyridine rings is 1. The van der Waals surface area contributed by atoms with E-state index < -0.39 is 5.60 Å². The Hall–Kier alpha value is -1.70. The van der Waals surface area contributed by atoms with Crippen LogP contribution in [0.2, 0.25) is 0 Å². The third kappa shape index (κ3) is 3.32. The quantitative estimate of drug-likeness (QED) is 0.834. The number of carbonyl (C=O) groups is 1. The first-order valence-electron chi connectivity index (χ1n) is 9.84. The predicted octanol–water partition coefficient (Wildman–Crippen LogP) is 0.562. The van der Waals surface area contributed by atoms with Crippen molar-refractivity contribution in [2.45, 2.75) is 44.4 Å². The van der Waals surface area contributed by atoms with Crippen molar-refractivity contribution in [3.63, 3.8) is 0 Å². The zero-order valence-electron chi connectivity index (χ0n) is 15.8. The zero-order valence-corrected chi connectivity index (χ0v) is 15.8. The lowest BCUT2D eigenvalue weighted by atomic mass is 9.66. The molecule has 4 atom stereocenters. The molecule has 7 heteroatoms. The van der Waals surface area contributed by atoms with Gasteiger partial charge in [-0.05, 0) is 19.4 Å². The monoisotopic (exact) mass is 376 g/mol. The van der Waals surface area contributed by atoms with E-state index in [1.54, 1.807) is 10.6 Å². The van der Waals surface area contributed by atoms with Crippen molar-refractivity contribution in [1.82, 2.24) is 9.47 Å². The molecular weight excluding hydrogens is 348 g/mol. The second-order valence-corrected chi connectivity index (χ2v) is 8.00. The first kappa shape index (κ1) is 18.7. The van der Waals surface area contributed by atoms with Crippen LogP contribution in [0, 0.1) is 18.8 Å². The highest BCUT2D eigenvalue weighted by atomic mass is 16.5. The first-order chi connectivity index (χ1) is 13.0. The van der Waals surface area contributed by atoms with Gasteiger partial charge in [0, 0.05) is 68.8 Å². The zero-order chi connectivity index (χ0) is 19.0. The summed E-state index contributed by atoms with van der Waals surface area (Å²) in [4.78, 5) is 27.1. The molecule has 0 unspecified atom stereocenters. The number of fused-ring (bicyclic) bond motifs is 3. The molecule has 3 aliphatic heterocycles. The predicted molar refractivity (Wildman–Crippen MR) is 98.4 cm³/mol. The van der Waals surface area contributed by atoms with Gasteiger partial charge < -0.3 is 24.0 Å². The summed E-state index contributed by atoms with van der Waals surface area (Å²) in [5.74, 6) is -0.118. The van der Waals surface area contributed by atoms with Crippen molar-refractivity contribution in [3.8, 4) is 0 Å². The van der Waals surface area contributed by atoms with E-state index in [0.29, 0.717) is 45.9 Å². The maximum Gasteiger partial charge on any atom is 0.250 e. The van der Waals surface area contributed by atoms with E-state index >= 15 is 0 Å². The van der Waals surface area contributed by atoms with Gasteiger partial charge in [0.1, 0.15) is 0 Å². The number of carbonyl (C=O) groups excluding carboxylic acids is 1. The molecule has 3 fully saturated rings. The molecule has 3 saturated heterocycles. The summed E-state index contributed by atoms with van der Waals surface area (Å²) in [7, 11) is 0. The van der Waals surface area contributed by atoms with Gasteiger partial charge in [0.15, 0.2) is 0 Å². The lowest BCUT2D eigenvalue weighted by Gasteiger charge is -2.57. The molecule has 1 aromatic rings. The molecule has 7 nitrogen and oxygen atoms in total. The number of rotatable bonds is 3. The summed E-state index contributed by atoms with van der Waals surface area (Å²) < 4.78 is 12.9. The van der Waals surface area contributed by atoms with Gasteiger partial charge in [-0.25, -0.2) is 0 Å². The van der Waals surface area contributed by atoms with Gasteiger partial charge in [0.2, 0.25) is 5.91 Å². The van der Waals surface area contributed by atoms with E-state index in [0.717, 1.165) is 12.1 Å². The van der Waals surface area contributed by atoms with Crippen LogP contribution < -0.4 is 5.56 Å². The molecule has 27 heavy (non-hydrogen) atoms. The molecule has 1 amide bonds. The van der Waals surface area contributed by atoms with Crippen LogP contribution in [-0.2, 0) is 20.8 Å². The summed E-state index contributed by atoms with van der Waals surface area (Å²) in [6.07, 6.45) is 1.63. The van der Waals surface area contributed by atoms with E-state index in [-0.39, 0.29) is 35.8 Å². The molecule has 1 aromatic heterocycles. The number of hydrogen-bond acceptors (Lipinski definition) is 5. The van der Waals surface area contributed by atoms with Crippen LogP contribution in [0.4, 0.5) is 0 Å². The number of nitrogens with zero attached hydrogens (tertiary/aromatic N) is 2. The van der Waals surface area contributed by atoms with Gasteiger partial charge in [-0.1, -0.05) is 6.07 Å². The smallest absolute Gasteiger partial charge is 0.250 e. The Bertz CT molecular complexity index is 763. The molecule has 4 heterocycles. The Balaban J connectivity index is 1.52. The molecule has 4 rings (SSSR count). The third-order valence-corrected chi connectivity index (χ3v) is 6.59. The summed E-state index contributed by atoms with van der Waals surface area (Å²) in [5, 5.41) is 11.3.